The predicted molar refractivity (Wildman–Crippen MR) is 54.6 cm³/mol. The van der Waals surface area contributed by atoms with Crippen molar-refractivity contribution < 1.29 is 9.90 Å². The normalized spacial score (nSPS) is 12.4. The molecule has 0 saturated heterocycles. The van der Waals surface area contributed by atoms with Gasteiger partial charge in [-0.15, -0.1) is 0 Å². The van der Waals surface area contributed by atoms with E-state index in [9.17, 15) is 9.59 Å². The molecular formula is C9H15N3O3. The number of nitrogens with one attached hydrogen (secondary N) is 3. The van der Waals surface area contributed by atoms with Crippen LogP contribution in [0.2, 0.25) is 0 Å². The second kappa shape index (κ2) is 5.35. The summed E-state index contributed by atoms with van der Waals surface area (Å²) in [7, 11) is 0. The maximum absolute atomic E-state index is 11.4. The molecule has 6 nitrogen and oxygen atoms in total. The number of aromatic amines is 2. The first-order valence-electron chi connectivity index (χ1n) is 4.80. The summed E-state index contributed by atoms with van der Waals surface area (Å²) in [5, 5.41) is 11.3. The van der Waals surface area contributed by atoms with Gasteiger partial charge in [0.25, 0.3) is 5.91 Å². The minimum absolute atomic E-state index is 0.109. The Hall–Kier alpha value is -1.56. The van der Waals surface area contributed by atoms with Gasteiger partial charge in [-0.3, -0.25) is 4.79 Å². The van der Waals surface area contributed by atoms with Crippen LogP contribution in [-0.4, -0.2) is 34.1 Å². The first-order chi connectivity index (χ1) is 7.13. The summed E-state index contributed by atoms with van der Waals surface area (Å²) in [5.74, 6) is -0.109. The molecule has 1 amide bonds. The standard InChI is InChI=1S/C9H15N3O3/c1-6(2-3-13)4-10-8(14)7-5-11-9(15)12-7/h5-6,13H,2-4H2,1H3,(H,10,14)(H2,11,12,15). The van der Waals surface area contributed by atoms with E-state index in [1.54, 1.807) is 0 Å². The van der Waals surface area contributed by atoms with Gasteiger partial charge in [0, 0.05) is 19.3 Å². The highest BCUT2D eigenvalue weighted by atomic mass is 16.3. The Labute approximate surface area is 86.7 Å². The number of carbonyl (C=O) groups excluding carboxylic acids is 1. The van der Waals surface area contributed by atoms with Crippen LogP contribution in [0.5, 0.6) is 0 Å². The Bertz CT molecular complexity index is 369. The third-order valence-corrected chi connectivity index (χ3v) is 2.07. The van der Waals surface area contributed by atoms with E-state index >= 15 is 0 Å². The molecule has 0 aliphatic carbocycles. The van der Waals surface area contributed by atoms with Crippen molar-refractivity contribution in [2.24, 2.45) is 5.92 Å². The van der Waals surface area contributed by atoms with Gasteiger partial charge < -0.3 is 20.4 Å². The van der Waals surface area contributed by atoms with Crippen molar-refractivity contribution in [2.45, 2.75) is 13.3 Å². The smallest absolute Gasteiger partial charge is 0.323 e. The van der Waals surface area contributed by atoms with Gasteiger partial charge in [0.1, 0.15) is 5.69 Å². The zero-order valence-corrected chi connectivity index (χ0v) is 8.54. The van der Waals surface area contributed by atoms with Crippen molar-refractivity contribution in [1.29, 1.82) is 0 Å². The fourth-order valence-electron chi connectivity index (χ4n) is 1.14. The van der Waals surface area contributed by atoms with Crippen LogP contribution >= 0.6 is 0 Å². The van der Waals surface area contributed by atoms with E-state index in [0.717, 1.165) is 0 Å². The molecule has 1 aromatic rings. The number of hydrogen-bond donors (Lipinski definition) is 4. The second-order valence-electron chi connectivity index (χ2n) is 3.48. The lowest BCUT2D eigenvalue weighted by molar-refractivity contribution is 0.0941. The summed E-state index contributed by atoms with van der Waals surface area (Å²) in [6.45, 7) is 2.51. The molecule has 1 aromatic heterocycles. The van der Waals surface area contributed by atoms with Gasteiger partial charge in [-0.05, 0) is 12.3 Å². The van der Waals surface area contributed by atoms with Crippen LogP contribution in [0.1, 0.15) is 23.8 Å². The van der Waals surface area contributed by atoms with Gasteiger partial charge in [0.15, 0.2) is 0 Å². The van der Waals surface area contributed by atoms with Crippen LogP contribution in [-0.2, 0) is 0 Å². The van der Waals surface area contributed by atoms with Crippen molar-refractivity contribution in [1.82, 2.24) is 15.3 Å². The SMILES string of the molecule is CC(CCO)CNC(=O)c1c[nH]c(=O)[nH]1. The molecule has 1 unspecified atom stereocenters. The van der Waals surface area contributed by atoms with Crippen LogP contribution in [0.15, 0.2) is 11.0 Å². The van der Waals surface area contributed by atoms with Crippen LogP contribution in [0, 0.1) is 5.92 Å². The number of aliphatic hydroxyl groups excluding tert-OH is 1. The third-order valence-electron chi connectivity index (χ3n) is 2.07. The Morgan fingerprint density at radius 2 is 2.40 bits per heavy atom. The molecule has 1 atom stereocenters. The van der Waals surface area contributed by atoms with Crippen molar-refractivity contribution in [3.63, 3.8) is 0 Å². The molecule has 4 N–H and O–H groups in total. The van der Waals surface area contributed by atoms with Crippen LogP contribution < -0.4 is 11.0 Å². The Morgan fingerprint density at radius 1 is 1.67 bits per heavy atom. The summed E-state index contributed by atoms with van der Waals surface area (Å²) >= 11 is 0. The Kier molecular flexibility index (Phi) is 4.11. The largest absolute Gasteiger partial charge is 0.396 e. The highest BCUT2D eigenvalue weighted by Gasteiger charge is 2.08. The van der Waals surface area contributed by atoms with Gasteiger partial charge in [-0.2, -0.15) is 0 Å². The molecule has 0 aliphatic heterocycles. The first-order valence-corrected chi connectivity index (χ1v) is 4.80. The van der Waals surface area contributed by atoms with E-state index in [1.807, 2.05) is 6.92 Å². The number of rotatable bonds is 5. The molecule has 0 aromatic carbocycles. The summed E-state index contributed by atoms with van der Waals surface area (Å²) < 4.78 is 0. The minimum Gasteiger partial charge on any atom is -0.396 e. The maximum Gasteiger partial charge on any atom is 0.323 e. The van der Waals surface area contributed by atoms with Crippen molar-refractivity contribution in [3.8, 4) is 0 Å². The highest BCUT2D eigenvalue weighted by Crippen LogP contribution is 1.98. The number of imidazole rings is 1. The predicted octanol–water partition coefficient (Wildman–Crippen LogP) is -0.549. The lowest BCUT2D eigenvalue weighted by Gasteiger charge is -2.09. The molecule has 15 heavy (non-hydrogen) atoms. The molecule has 0 fully saturated rings. The summed E-state index contributed by atoms with van der Waals surface area (Å²) in [6, 6.07) is 0. The monoisotopic (exact) mass is 213 g/mol. The molecule has 0 saturated carbocycles. The van der Waals surface area contributed by atoms with Gasteiger partial charge in [-0.25, -0.2) is 4.79 Å². The van der Waals surface area contributed by atoms with E-state index in [-0.39, 0.29) is 24.1 Å². The molecule has 84 valence electrons. The average molecular weight is 213 g/mol. The van der Waals surface area contributed by atoms with E-state index in [2.05, 4.69) is 15.3 Å². The van der Waals surface area contributed by atoms with E-state index in [4.69, 9.17) is 5.11 Å². The van der Waals surface area contributed by atoms with Crippen LogP contribution in [0.3, 0.4) is 0 Å². The van der Waals surface area contributed by atoms with E-state index in [0.29, 0.717) is 13.0 Å². The number of amides is 1. The lowest BCUT2D eigenvalue weighted by atomic mass is 10.1. The van der Waals surface area contributed by atoms with E-state index in [1.165, 1.54) is 6.20 Å². The fourth-order valence-corrected chi connectivity index (χ4v) is 1.14. The molecule has 0 bridgehead atoms. The molecule has 0 aliphatic rings. The van der Waals surface area contributed by atoms with Gasteiger partial charge >= 0.3 is 5.69 Å². The van der Waals surface area contributed by atoms with Gasteiger partial charge in [-0.1, -0.05) is 6.92 Å². The zero-order valence-electron chi connectivity index (χ0n) is 8.54. The maximum atomic E-state index is 11.4. The molecular weight excluding hydrogens is 198 g/mol. The fraction of sp³-hybridized carbons (Fsp3) is 0.556. The van der Waals surface area contributed by atoms with Crippen LogP contribution in [0.25, 0.3) is 0 Å². The second-order valence-corrected chi connectivity index (χ2v) is 3.48. The number of aliphatic hydroxyl groups is 1. The quantitative estimate of drug-likeness (QED) is 0.528. The molecule has 0 radical (unpaired) electrons. The topological polar surface area (TPSA) is 98.0 Å². The summed E-state index contributed by atoms with van der Waals surface area (Å²) in [6.07, 6.45) is 1.97. The van der Waals surface area contributed by atoms with Gasteiger partial charge in [0.05, 0.1) is 0 Å². The molecule has 1 heterocycles. The van der Waals surface area contributed by atoms with E-state index < -0.39 is 5.69 Å². The lowest BCUT2D eigenvalue weighted by Crippen LogP contribution is -2.29. The minimum atomic E-state index is -0.399. The molecule has 0 spiro atoms. The van der Waals surface area contributed by atoms with Gasteiger partial charge in [0.2, 0.25) is 0 Å². The number of aromatic nitrogens is 2. The average Bonchev–Trinajstić information content (AvgIpc) is 2.62. The molecule has 1 rings (SSSR count). The summed E-state index contributed by atoms with van der Waals surface area (Å²) in [5.41, 5.74) is -0.181. The molecule has 6 heteroatoms. The Balaban J connectivity index is 2.40. The first kappa shape index (κ1) is 11.5. The highest BCUT2D eigenvalue weighted by molar-refractivity contribution is 5.91. The van der Waals surface area contributed by atoms with Crippen molar-refractivity contribution in [2.75, 3.05) is 13.2 Å². The third kappa shape index (κ3) is 3.59. The van der Waals surface area contributed by atoms with Crippen molar-refractivity contribution in [3.05, 3.63) is 22.4 Å². The zero-order chi connectivity index (χ0) is 11.3. The van der Waals surface area contributed by atoms with Crippen molar-refractivity contribution >= 4 is 5.91 Å². The number of hydrogen-bond acceptors (Lipinski definition) is 3. The number of carbonyl (C=O) groups is 1. The van der Waals surface area contributed by atoms with Crippen LogP contribution in [0.4, 0.5) is 0 Å². The number of H-pyrrole nitrogens is 2. The Morgan fingerprint density at radius 3 is 2.93 bits per heavy atom. The summed E-state index contributed by atoms with van der Waals surface area (Å²) in [4.78, 5) is 26.8.